The van der Waals surface area contributed by atoms with Gasteiger partial charge in [0.2, 0.25) is 0 Å². The Morgan fingerprint density at radius 3 is 2.80 bits per heavy atom. The summed E-state index contributed by atoms with van der Waals surface area (Å²) in [6.07, 6.45) is 4.00. The van der Waals surface area contributed by atoms with Gasteiger partial charge in [-0.05, 0) is 31.2 Å². The highest BCUT2D eigenvalue weighted by Gasteiger charge is 2.19. The van der Waals surface area contributed by atoms with E-state index in [9.17, 15) is 5.11 Å². The molecule has 1 atom stereocenters. The van der Waals surface area contributed by atoms with Gasteiger partial charge in [-0.3, -0.25) is 4.90 Å². The Morgan fingerprint density at radius 1 is 1.09 bits per heavy atom. The summed E-state index contributed by atoms with van der Waals surface area (Å²) >= 11 is 1.62. The van der Waals surface area contributed by atoms with Crippen LogP contribution in [0.25, 0.3) is 11.5 Å². The van der Waals surface area contributed by atoms with Crippen LogP contribution < -0.4 is 10.6 Å². The molecule has 4 aromatic rings. The lowest BCUT2D eigenvalue weighted by Gasteiger charge is -2.32. The maximum atomic E-state index is 9.40. The van der Waals surface area contributed by atoms with E-state index in [1.165, 1.54) is 0 Å². The number of anilines is 2. The summed E-state index contributed by atoms with van der Waals surface area (Å²) < 4.78 is 0. The number of aliphatic hydroxyl groups is 1. The van der Waals surface area contributed by atoms with Crippen LogP contribution in [-0.4, -0.2) is 72.2 Å². The van der Waals surface area contributed by atoms with Crippen molar-refractivity contribution in [2.45, 2.75) is 25.9 Å². The monoisotopic (exact) mass is 489 g/mol. The number of nitrogens with one attached hydrogen (secondary N) is 2. The van der Waals surface area contributed by atoms with Crippen LogP contribution in [0, 0.1) is 6.92 Å². The Hall–Kier alpha value is -3.38. The topological polar surface area (TPSA) is 125 Å². The van der Waals surface area contributed by atoms with Gasteiger partial charge >= 0.3 is 0 Å². The fourth-order valence-electron chi connectivity index (χ4n) is 3.93. The van der Waals surface area contributed by atoms with Crippen LogP contribution in [0.1, 0.15) is 22.2 Å². The van der Waals surface area contributed by atoms with Crippen LogP contribution >= 0.6 is 11.3 Å². The third-order valence-corrected chi connectivity index (χ3v) is 6.49. The maximum absolute atomic E-state index is 9.40. The number of aryl methyl sites for hydroxylation is 1. The molecule has 0 bridgehead atoms. The smallest absolute Gasteiger partial charge is 0.180 e. The van der Waals surface area contributed by atoms with Crippen LogP contribution in [0.15, 0.2) is 48.1 Å². The lowest BCUT2D eigenvalue weighted by molar-refractivity contribution is 0.143. The lowest BCUT2D eigenvalue weighted by atomic mass is 10.2. The molecule has 0 radical (unpaired) electrons. The number of aromatic nitrogens is 6. The summed E-state index contributed by atoms with van der Waals surface area (Å²) in [5, 5.41) is 19.0. The number of pyridine rings is 1. The van der Waals surface area contributed by atoms with E-state index in [-0.39, 0.29) is 12.6 Å². The van der Waals surface area contributed by atoms with Gasteiger partial charge in [0.25, 0.3) is 0 Å². The molecule has 3 N–H and O–H groups in total. The average molecular weight is 490 g/mol. The number of rotatable bonds is 8. The minimum absolute atomic E-state index is 0.129. The van der Waals surface area contributed by atoms with E-state index < -0.39 is 0 Å². The second-order valence-electron chi connectivity index (χ2n) is 8.39. The molecule has 0 spiro atoms. The van der Waals surface area contributed by atoms with Gasteiger partial charge in [0, 0.05) is 55.7 Å². The second kappa shape index (κ2) is 10.9. The van der Waals surface area contributed by atoms with E-state index in [0.717, 1.165) is 48.3 Å². The molecule has 11 heteroatoms. The highest BCUT2D eigenvalue weighted by Crippen LogP contribution is 2.19. The Kier molecular flexibility index (Phi) is 7.28. The lowest BCUT2D eigenvalue weighted by Crippen LogP contribution is -2.51. The van der Waals surface area contributed by atoms with E-state index in [0.29, 0.717) is 29.7 Å². The Balaban J connectivity index is 1.23. The van der Waals surface area contributed by atoms with Gasteiger partial charge in [-0.1, -0.05) is 6.07 Å². The van der Waals surface area contributed by atoms with Gasteiger partial charge in [0.05, 0.1) is 18.7 Å². The molecule has 5 rings (SSSR count). The van der Waals surface area contributed by atoms with Crippen molar-refractivity contribution in [1.29, 1.82) is 0 Å². The van der Waals surface area contributed by atoms with Crippen LogP contribution in [0.5, 0.6) is 0 Å². The molecule has 0 aliphatic carbocycles. The van der Waals surface area contributed by atoms with Crippen LogP contribution in [0.4, 0.5) is 11.6 Å². The molecule has 1 aliphatic rings. The van der Waals surface area contributed by atoms with Crippen molar-refractivity contribution in [2.75, 3.05) is 31.6 Å². The van der Waals surface area contributed by atoms with Crippen LogP contribution in [-0.2, 0) is 13.0 Å². The second-order valence-corrected chi connectivity index (χ2v) is 9.33. The summed E-state index contributed by atoms with van der Waals surface area (Å²) in [6.45, 7) is 5.53. The molecular weight excluding hydrogens is 462 g/mol. The number of hydrogen-bond donors (Lipinski definition) is 3. The molecule has 0 unspecified atom stereocenters. The third-order valence-electron chi connectivity index (χ3n) is 5.59. The first-order chi connectivity index (χ1) is 17.1. The zero-order valence-electron chi connectivity index (χ0n) is 19.4. The number of nitrogens with zero attached hydrogens (tertiary/aromatic N) is 7. The summed E-state index contributed by atoms with van der Waals surface area (Å²) in [4.78, 5) is 29.6. The molecule has 1 fully saturated rings. The van der Waals surface area contributed by atoms with Gasteiger partial charge in [0.1, 0.15) is 28.2 Å². The van der Waals surface area contributed by atoms with Crippen LogP contribution in [0.2, 0.25) is 0 Å². The predicted octanol–water partition coefficient (Wildman–Crippen LogP) is 2.19. The largest absolute Gasteiger partial charge is 0.395 e. The molecule has 180 valence electrons. The van der Waals surface area contributed by atoms with Gasteiger partial charge in [-0.15, -0.1) is 11.3 Å². The normalized spacial score (nSPS) is 16.3. The number of hydrogen-bond acceptors (Lipinski definition) is 11. The van der Waals surface area contributed by atoms with Gasteiger partial charge in [-0.25, -0.2) is 29.9 Å². The molecule has 0 amide bonds. The van der Waals surface area contributed by atoms with Crippen molar-refractivity contribution >= 4 is 23.0 Å². The fraction of sp³-hybridized carbons (Fsp3) is 0.333. The SMILES string of the molecule is Cc1cccc(-c2nccc(Nc3ccnc(Cc4nc(CN5CCN[C@@H](CO)C5)cs4)n3)n2)n1. The first-order valence-corrected chi connectivity index (χ1v) is 12.4. The summed E-state index contributed by atoms with van der Waals surface area (Å²) in [5.41, 5.74) is 2.68. The summed E-state index contributed by atoms with van der Waals surface area (Å²) in [7, 11) is 0. The summed E-state index contributed by atoms with van der Waals surface area (Å²) in [6, 6.07) is 9.51. The first-order valence-electron chi connectivity index (χ1n) is 11.5. The average Bonchev–Trinajstić information content (AvgIpc) is 3.31. The molecule has 0 aromatic carbocycles. The van der Waals surface area contributed by atoms with Crippen LogP contribution in [0.3, 0.4) is 0 Å². The van der Waals surface area contributed by atoms with Crippen molar-refractivity contribution in [3.63, 3.8) is 0 Å². The minimum atomic E-state index is 0.129. The van der Waals surface area contributed by atoms with E-state index >= 15 is 0 Å². The molecule has 4 aromatic heterocycles. The molecule has 1 aliphatic heterocycles. The molecular formula is C24H27N9OS. The minimum Gasteiger partial charge on any atom is -0.395 e. The van der Waals surface area contributed by atoms with E-state index in [1.54, 1.807) is 29.8 Å². The number of piperazine rings is 1. The Bertz CT molecular complexity index is 1280. The van der Waals surface area contributed by atoms with Gasteiger partial charge in [-0.2, -0.15) is 0 Å². The predicted molar refractivity (Wildman–Crippen MR) is 134 cm³/mol. The van der Waals surface area contributed by atoms with Crippen molar-refractivity contribution in [3.8, 4) is 11.5 Å². The Labute approximate surface area is 207 Å². The van der Waals surface area contributed by atoms with E-state index in [1.807, 2.05) is 31.2 Å². The molecule has 5 heterocycles. The first kappa shape index (κ1) is 23.4. The molecule has 35 heavy (non-hydrogen) atoms. The number of thiazole rings is 1. The zero-order chi connectivity index (χ0) is 24.0. The van der Waals surface area contributed by atoms with E-state index in [4.69, 9.17) is 4.98 Å². The highest BCUT2D eigenvalue weighted by molar-refractivity contribution is 7.09. The number of aliphatic hydroxyl groups excluding tert-OH is 1. The van der Waals surface area contributed by atoms with Gasteiger partial charge in [0.15, 0.2) is 5.82 Å². The Morgan fingerprint density at radius 2 is 1.94 bits per heavy atom. The zero-order valence-corrected chi connectivity index (χ0v) is 20.2. The molecule has 1 saturated heterocycles. The standard InChI is InChI=1S/C24H27N9OS/c1-16-3-2-4-19(28-16)24-27-8-6-21(32-24)30-20-5-7-26-22(31-20)11-23-29-18(15-35-23)13-33-10-9-25-17(12-33)14-34/h2-8,15,17,25,34H,9-14H2,1H3,(H,26,27,30,31,32)/t17-/m1/s1. The molecule has 10 nitrogen and oxygen atoms in total. The van der Waals surface area contributed by atoms with Gasteiger partial charge < -0.3 is 15.7 Å². The van der Waals surface area contributed by atoms with Crippen molar-refractivity contribution < 1.29 is 5.11 Å². The quantitative estimate of drug-likeness (QED) is 0.339. The third kappa shape index (κ3) is 6.20. The van der Waals surface area contributed by atoms with Crippen molar-refractivity contribution in [2.24, 2.45) is 0 Å². The van der Waals surface area contributed by atoms with E-state index in [2.05, 4.69) is 45.8 Å². The highest BCUT2D eigenvalue weighted by atomic mass is 32.1. The van der Waals surface area contributed by atoms with Crippen molar-refractivity contribution in [1.82, 2.24) is 40.1 Å². The molecule has 0 saturated carbocycles. The van der Waals surface area contributed by atoms with Crippen molar-refractivity contribution in [3.05, 3.63) is 70.3 Å². The fourth-order valence-corrected chi connectivity index (χ4v) is 4.71. The maximum Gasteiger partial charge on any atom is 0.180 e. The summed E-state index contributed by atoms with van der Waals surface area (Å²) in [5.74, 6) is 2.53.